The largest absolute Gasteiger partial charge is 2.00 e. The number of hydrogen-bond acceptors (Lipinski definition) is 2. The van der Waals surface area contributed by atoms with Crippen LogP contribution in [0.1, 0.15) is 12.8 Å². The fraction of sp³-hybridized carbons (Fsp3) is 0.833. The molecule has 1 heterocycles. The number of ether oxygens (including phenoxy) is 2. The minimum absolute atomic E-state index is 0. The third-order valence-corrected chi connectivity index (χ3v) is 1.13. The van der Waals surface area contributed by atoms with Crippen LogP contribution in [-0.2, 0) is 9.47 Å². The van der Waals surface area contributed by atoms with Crippen molar-refractivity contribution in [2.75, 3.05) is 13.2 Å². The molecule has 0 aromatic carbocycles. The van der Waals surface area contributed by atoms with Crippen molar-refractivity contribution in [2.45, 2.75) is 19.1 Å². The summed E-state index contributed by atoms with van der Waals surface area (Å²) in [6.07, 6.45) is 1.72. The molecule has 4 heteroatoms. The van der Waals surface area contributed by atoms with Crippen molar-refractivity contribution >= 4 is 23.1 Å². The molecule has 56 valence electrons. The van der Waals surface area contributed by atoms with Gasteiger partial charge in [0, 0.05) is 0 Å². The standard InChI is InChI=1S/C6H11O2.BrH.Mg/c1-2-6-7-4-3-5-8-6;;/h6H,1-5H2;1H;/q-1;;+2/p-1. The Morgan fingerprint density at radius 3 is 2.10 bits per heavy atom. The van der Waals surface area contributed by atoms with Crippen LogP contribution in [0.25, 0.3) is 0 Å². The maximum absolute atomic E-state index is 5.14. The molecule has 0 saturated carbocycles. The summed E-state index contributed by atoms with van der Waals surface area (Å²) < 4.78 is 10.3. The molecule has 1 rings (SSSR count). The molecule has 0 radical (unpaired) electrons. The van der Waals surface area contributed by atoms with E-state index in [-0.39, 0.29) is 46.3 Å². The molecule has 10 heavy (non-hydrogen) atoms. The van der Waals surface area contributed by atoms with Crippen LogP contribution in [0.5, 0.6) is 0 Å². The first kappa shape index (κ1) is 13.7. The first-order chi connectivity index (χ1) is 3.93. The monoisotopic (exact) mass is 218 g/mol. The van der Waals surface area contributed by atoms with Gasteiger partial charge in [-0.15, -0.1) is 6.42 Å². The van der Waals surface area contributed by atoms with E-state index >= 15 is 0 Å². The molecule has 0 unspecified atom stereocenters. The summed E-state index contributed by atoms with van der Waals surface area (Å²) in [5.41, 5.74) is 0. The summed E-state index contributed by atoms with van der Waals surface area (Å²) in [6, 6.07) is 0. The van der Waals surface area contributed by atoms with Crippen LogP contribution in [0.4, 0.5) is 0 Å². The van der Waals surface area contributed by atoms with E-state index in [1.165, 1.54) is 0 Å². The smallest absolute Gasteiger partial charge is 1.00 e. The van der Waals surface area contributed by atoms with Gasteiger partial charge in [-0.3, -0.25) is 0 Å². The molecule has 2 nitrogen and oxygen atoms in total. The molecule has 0 N–H and O–H groups in total. The average Bonchev–Trinajstić information content (AvgIpc) is 1.90. The Morgan fingerprint density at radius 1 is 1.30 bits per heavy atom. The summed E-state index contributed by atoms with van der Waals surface area (Å²) in [5, 5.41) is 0. The molecule has 1 aliphatic heterocycles. The average molecular weight is 219 g/mol. The second-order valence-corrected chi connectivity index (χ2v) is 1.81. The van der Waals surface area contributed by atoms with Gasteiger partial charge in [-0.2, -0.15) is 0 Å². The molecule has 0 atom stereocenters. The van der Waals surface area contributed by atoms with Gasteiger partial charge in [0.2, 0.25) is 0 Å². The van der Waals surface area contributed by atoms with Gasteiger partial charge in [-0.05, 0) is 6.42 Å². The molecule has 0 aromatic heterocycles. The second-order valence-electron chi connectivity index (χ2n) is 1.81. The Labute approximate surface area is 88.6 Å². The number of rotatable bonds is 1. The molecule has 0 aromatic rings. The van der Waals surface area contributed by atoms with Crippen molar-refractivity contribution < 1.29 is 26.5 Å². The van der Waals surface area contributed by atoms with Crippen LogP contribution in [-0.4, -0.2) is 42.6 Å². The number of halogens is 1. The fourth-order valence-corrected chi connectivity index (χ4v) is 0.703. The Hall–Kier alpha value is 1.17. The predicted molar refractivity (Wildman–Crippen MR) is 36.0 cm³/mol. The van der Waals surface area contributed by atoms with E-state index in [1.54, 1.807) is 0 Å². The minimum Gasteiger partial charge on any atom is -1.00 e. The molecule has 1 saturated heterocycles. The zero-order valence-electron chi connectivity index (χ0n) is 6.01. The Morgan fingerprint density at radius 2 is 1.80 bits per heavy atom. The van der Waals surface area contributed by atoms with Crippen molar-refractivity contribution in [1.29, 1.82) is 0 Å². The van der Waals surface area contributed by atoms with Crippen LogP contribution in [0.2, 0.25) is 0 Å². The van der Waals surface area contributed by atoms with Gasteiger partial charge >= 0.3 is 23.1 Å². The van der Waals surface area contributed by atoms with Crippen LogP contribution in [0.15, 0.2) is 0 Å². The molecule has 0 amide bonds. The summed E-state index contributed by atoms with van der Waals surface area (Å²) in [6.45, 7) is 5.33. The Balaban J connectivity index is 0. The van der Waals surface area contributed by atoms with Crippen molar-refractivity contribution in [3.05, 3.63) is 6.92 Å². The third-order valence-electron chi connectivity index (χ3n) is 1.13. The van der Waals surface area contributed by atoms with E-state index in [9.17, 15) is 0 Å². The van der Waals surface area contributed by atoms with Gasteiger partial charge < -0.3 is 33.4 Å². The van der Waals surface area contributed by atoms with E-state index < -0.39 is 0 Å². The Bertz CT molecular complexity index is 66.8. The molecule has 1 aliphatic rings. The van der Waals surface area contributed by atoms with E-state index in [0.29, 0.717) is 0 Å². The molecule has 0 spiro atoms. The van der Waals surface area contributed by atoms with Crippen LogP contribution in [0.3, 0.4) is 0 Å². The summed E-state index contributed by atoms with van der Waals surface area (Å²) in [4.78, 5) is 0. The van der Waals surface area contributed by atoms with Crippen molar-refractivity contribution in [1.82, 2.24) is 0 Å². The van der Waals surface area contributed by atoms with Crippen LogP contribution < -0.4 is 17.0 Å². The van der Waals surface area contributed by atoms with E-state index in [1.807, 2.05) is 0 Å². The normalized spacial score (nSPS) is 18.9. The maximum Gasteiger partial charge on any atom is 2.00 e. The molecule has 0 bridgehead atoms. The maximum atomic E-state index is 5.14. The predicted octanol–water partition coefficient (Wildman–Crippen LogP) is -2.40. The third kappa shape index (κ3) is 4.90. The quantitative estimate of drug-likeness (QED) is 0.361. The van der Waals surface area contributed by atoms with Crippen molar-refractivity contribution in [2.24, 2.45) is 0 Å². The van der Waals surface area contributed by atoms with Crippen molar-refractivity contribution in [3.63, 3.8) is 0 Å². The molecule has 1 fully saturated rings. The van der Waals surface area contributed by atoms with Gasteiger partial charge in [-0.1, -0.05) is 0 Å². The molecular weight excluding hydrogens is 208 g/mol. The first-order valence-corrected chi connectivity index (χ1v) is 2.96. The van der Waals surface area contributed by atoms with Crippen LogP contribution in [0, 0.1) is 6.92 Å². The minimum atomic E-state index is -0.0243. The van der Waals surface area contributed by atoms with Gasteiger partial charge in [0.25, 0.3) is 0 Å². The second kappa shape index (κ2) is 8.26. The van der Waals surface area contributed by atoms with Gasteiger partial charge in [0.05, 0.1) is 13.2 Å². The van der Waals surface area contributed by atoms with Gasteiger partial charge in [-0.25, -0.2) is 0 Å². The van der Waals surface area contributed by atoms with Gasteiger partial charge in [0.15, 0.2) is 0 Å². The molecule has 0 aliphatic carbocycles. The topological polar surface area (TPSA) is 18.5 Å². The summed E-state index contributed by atoms with van der Waals surface area (Å²) >= 11 is 0. The van der Waals surface area contributed by atoms with Gasteiger partial charge in [0.1, 0.15) is 6.29 Å². The zero-order chi connectivity index (χ0) is 5.82. The number of hydrogen-bond donors (Lipinski definition) is 0. The zero-order valence-corrected chi connectivity index (χ0v) is 9.01. The fourth-order valence-electron chi connectivity index (χ4n) is 0.703. The van der Waals surface area contributed by atoms with Crippen LogP contribution >= 0.6 is 0 Å². The van der Waals surface area contributed by atoms with E-state index in [2.05, 4.69) is 6.92 Å². The van der Waals surface area contributed by atoms with E-state index in [0.717, 1.165) is 26.1 Å². The van der Waals surface area contributed by atoms with Crippen molar-refractivity contribution in [3.8, 4) is 0 Å². The SMILES string of the molecule is [Br-].[CH2-]CC1OCCCO1.[Mg+2]. The first-order valence-electron chi connectivity index (χ1n) is 2.96. The van der Waals surface area contributed by atoms with E-state index in [4.69, 9.17) is 9.47 Å². The summed E-state index contributed by atoms with van der Waals surface area (Å²) in [7, 11) is 0. The summed E-state index contributed by atoms with van der Waals surface area (Å²) in [5.74, 6) is 0. The molecular formula is C6H11BrMgO2. The Kier molecular flexibility index (Phi) is 11.4.